The van der Waals surface area contributed by atoms with E-state index in [9.17, 15) is 13.6 Å². The lowest BCUT2D eigenvalue weighted by Gasteiger charge is -2.64. The van der Waals surface area contributed by atoms with Crippen molar-refractivity contribution in [2.24, 2.45) is 27.9 Å². The largest absolute Gasteiger partial charge is 0.350 e. The smallest absolute Gasteiger partial charge is 0.277 e. The number of rotatable bonds is 4. The summed E-state index contributed by atoms with van der Waals surface area (Å²) in [5.74, 6) is -2.60. The van der Waals surface area contributed by atoms with Crippen molar-refractivity contribution in [1.29, 1.82) is 0 Å². The highest BCUT2D eigenvalue weighted by Gasteiger charge is 2.62. The van der Waals surface area contributed by atoms with Crippen LogP contribution in [0.4, 0.5) is 8.78 Å². The summed E-state index contributed by atoms with van der Waals surface area (Å²) in [6.07, 6.45) is 6.13. The molecule has 0 aromatic heterocycles. The van der Waals surface area contributed by atoms with Crippen LogP contribution in [0.3, 0.4) is 0 Å². The van der Waals surface area contributed by atoms with E-state index in [0.29, 0.717) is 5.92 Å². The van der Waals surface area contributed by atoms with Gasteiger partial charge in [-0.2, -0.15) is 0 Å². The van der Waals surface area contributed by atoms with Gasteiger partial charge in [-0.05, 0) is 55.3 Å². The maximum absolute atomic E-state index is 13.3. The number of hydrogen-bond donors (Lipinski definition) is 2. The fourth-order valence-corrected chi connectivity index (χ4v) is 6.17. The Balaban J connectivity index is 0.00000176. The highest BCUT2D eigenvalue weighted by molar-refractivity contribution is 5.85. The lowest BCUT2D eigenvalue weighted by Crippen LogP contribution is -2.60. The van der Waals surface area contributed by atoms with Crippen molar-refractivity contribution in [2.45, 2.75) is 58.3 Å². The van der Waals surface area contributed by atoms with Crippen molar-refractivity contribution < 1.29 is 13.6 Å². The molecule has 1 amide bonds. The lowest BCUT2D eigenvalue weighted by atomic mass is 9.40. The van der Waals surface area contributed by atoms with E-state index in [1.165, 1.54) is 19.3 Å². The summed E-state index contributed by atoms with van der Waals surface area (Å²) in [6, 6.07) is 0. The summed E-state index contributed by atoms with van der Waals surface area (Å²) in [5, 5.41) is 2.50. The van der Waals surface area contributed by atoms with E-state index in [1.54, 1.807) is 0 Å². The van der Waals surface area contributed by atoms with E-state index in [4.69, 9.17) is 5.73 Å². The summed E-state index contributed by atoms with van der Waals surface area (Å²) in [6.45, 7) is 3.18. The number of halogens is 3. The van der Waals surface area contributed by atoms with Gasteiger partial charge in [-0.25, -0.2) is 8.78 Å². The molecule has 4 saturated carbocycles. The van der Waals surface area contributed by atoms with E-state index in [2.05, 4.69) is 19.2 Å². The Bertz CT molecular complexity index is 453. The Labute approximate surface area is 137 Å². The average molecular weight is 337 g/mol. The van der Waals surface area contributed by atoms with Crippen LogP contribution in [0, 0.1) is 22.2 Å². The van der Waals surface area contributed by atoms with Gasteiger partial charge in [0, 0.05) is 0 Å². The first-order valence-corrected chi connectivity index (χ1v) is 7.96. The minimum atomic E-state index is -3.01. The molecule has 22 heavy (non-hydrogen) atoms. The molecule has 0 heterocycles. The van der Waals surface area contributed by atoms with Crippen LogP contribution in [0.1, 0.15) is 52.4 Å². The lowest BCUT2D eigenvalue weighted by molar-refractivity contribution is -0.171. The molecule has 0 aromatic rings. The minimum absolute atomic E-state index is 0. The summed E-state index contributed by atoms with van der Waals surface area (Å²) in [4.78, 5) is 12.7. The summed E-state index contributed by atoms with van der Waals surface area (Å²) >= 11 is 0. The van der Waals surface area contributed by atoms with Crippen molar-refractivity contribution in [3.8, 4) is 0 Å². The Morgan fingerprint density at radius 2 is 1.73 bits per heavy atom. The van der Waals surface area contributed by atoms with Crippen LogP contribution in [0.15, 0.2) is 0 Å². The zero-order valence-electron chi connectivity index (χ0n) is 13.4. The first kappa shape index (κ1) is 17.9. The molecule has 0 radical (unpaired) electrons. The second-order valence-electron chi connectivity index (χ2n) is 8.65. The van der Waals surface area contributed by atoms with E-state index in [-0.39, 0.29) is 29.1 Å². The number of hydrogen-bond acceptors (Lipinski definition) is 2. The molecule has 6 heteroatoms. The zero-order valence-corrected chi connectivity index (χ0v) is 14.2. The topological polar surface area (TPSA) is 55.1 Å². The van der Waals surface area contributed by atoms with Gasteiger partial charge in [0.1, 0.15) is 0 Å². The first-order valence-electron chi connectivity index (χ1n) is 7.96. The van der Waals surface area contributed by atoms with Crippen LogP contribution >= 0.6 is 12.4 Å². The summed E-state index contributed by atoms with van der Waals surface area (Å²) in [5.41, 5.74) is 5.04. The van der Waals surface area contributed by atoms with E-state index < -0.39 is 24.4 Å². The summed E-state index contributed by atoms with van der Waals surface area (Å²) in [7, 11) is 0. The molecule has 2 unspecified atom stereocenters. The predicted molar refractivity (Wildman–Crippen MR) is 84.1 cm³/mol. The molecule has 3 nitrogen and oxygen atoms in total. The van der Waals surface area contributed by atoms with Crippen molar-refractivity contribution in [1.82, 2.24) is 5.32 Å². The van der Waals surface area contributed by atoms with Crippen LogP contribution in [0.5, 0.6) is 0 Å². The van der Waals surface area contributed by atoms with Gasteiger partial charge in [0.05, 0.1) is 18.5 Å². The third-order valence-corrected chi connectivity index (χ3v) is 5.91. The van der Waals surface area contributed by atoms with Gasteiger partial charge in [-0.15, -0.1) is 12.4 Å². The highest BCUT2D eigenvalue weighted by Crippen LogP contribution is 2.69. The van der Waals surface area contributed by atoms with Crippen molar-refractivity contribution in [3.63, 3.8) is 0 Å². The quantitative estimate of drug-likeness (QED) is 0.828. The molecular weight excluding hydrogens is 310 g/mol. The number of amides is 1. The maximum Gasteiger partial charge on any atom is 0.277 e. The Kier molecular flexibility index (Phi) is 4.32. The maximum atomic E-state index is 13.3. The molecule has 128 valence electrons. The monoisotopic (exact) mass is 336 g/mol. The second-order valence-corrected chi connectivity index (χ2v) is 8.65. The van der Waals surface area contributed by atoms with Gasteiger partial charge in [-0.3, -0.25) is 4.79 Å². The number of carbonyl (C=O) groups excluding carboxylic acids is 1. The molecule has 4 fully saturated rings. The molecule has 4 bridgehead atoms. The normalized spacial score (nSPS) is 42.9. The molecule has 3 N–H and O–H groups in total. The SMILES string of the molecule is CC12CC3CC(C)(C1)CC(C(=O)NCC(F)(F)CN)(C3)C2.Cl. The molecule has 0 aliphatic heterocycles. The molecule has 0 saturated heterocycles. The van der Waals surface area contributed by atoms with Crippen molar-refractivity contribution in [2.75, 3.05) is 13.1 Å². The Morgan fingerprint density at radius 1 is 1.18 bits per heavy atom. The van der Waals surface area contributed by atoms with E-state index >= 15 is 0 Å². The van der Waals surface area contributed by atoms with Crippen molar-refractivity contribution >= 4 is 18.3 Å². The van der Waals surface area contributed by atoms with Gasteiger partial charge in [-0.1, -0.05) is 13.8 Å². The fourth-order valence-electron chi connectivity index (χ4n) is 6.17. The second kappa shape index (κ2) is 5.30. The number of nitrogens with two attached hydrogens (primary N) is 1. The molecular formula is C16H27ClF2N2O. The van der Waals surface area contributed by atoms with Gasteiger partial charge >= 0.3 is 0 Å². The van der Waals surface area contributed by atoms with Crippen LogP contribution in [-0.2, 0) is 4.79 Å². The summed E-state index contributed by atoms with van der Waals surface area (Å²) < 4.78 is 26.6. The molecule has 0 spiro atoms. The molecule has 0 aromatic carbocycles. The minimum Gasteiger partial charge on any atom is -0.350 e. The Morgan fingerprint density at radius 3 is 2.18 bits per heavy atom. The van der Waals surface area contributed by atoms with Crippen LogP contribution < -0.4 is 11.1 Å². The number of alkyl halides is 2. The number of carbonyl (C=O) groups is 1. The van der Waals surface area contributed by atoms with Crippen LogP contribution in [0.2, 0.25) is 0 Å². The molecule has 4 rings (SSSR count). The van der Waals surface area contributed by atoms with Gasteiger partial charge in [0.15, 0.2) is 0 Å². The van der Waals surface area contributed by atoms with Gasteiger partial charge in [0.2, 0.25) is 5.91 Å². The number of nitrogens with one attached hydrogen (secondary N) is 1. The van der Waals surface area contributed by atoms with Crippen LogP contribution in [-0.4, -0.2) is 24.9 Å². The van der Waals surface area contributed by atoms with E-state index in [0.717, 1.165) is 19.3 Å². The third-order valence-electron chi connectivity index (χ3n) is 5.91. The zero-order chi connectivity index (χ0) is 15.5. The first-order chi connectivity index (χ1) is 9.60. The highest BCUT2D eigenvalue weighted by atomic mass is 35.5. The third kappa shape index (κ3) is 2.99. The van der Waals surface area contributed by atoms with Crippen molar-refractivity contribution in [3.05, 3.63) is 0 Å². The van der Waals surface area contributed by atoms with Crippen LogP contribution in [0.25, 0.3) is 0 Å². The molecule has 2 atom stereocenters. The standard InChI is InChI=1S/C16H26F2N2O.ClH/c1-13-3-11-4-14(2,6-13)8-15(5-11,7-13)12(21)20-10-16(17,18)9-19;/h11H,3-10,19H2,1-2H3,(H,20,21);1H. The van der Waals surface area contributed by atoms with E-state index in [1.807, 2.05) is 0 Å². The Hall–Kier alpha value is -0.420. The predicted octanol–water partition coefficient (Wildman–Crippen LogP) is 3.12. The van der Waals surface area contributed by atoms with Gasteiger partial charge in [0.25, 0.3) is 5.92 Å². The average Bonchev–Trinajstić information content (AvgIpc) is 2.31. The molecule has 4 aliphatic rings. The van der Waals surface area contributed by atoms with Gasteiger partial charge < -0.3 is 11.1 Å². The fraction of sp³-hybridized carbons (Fsp3) is 0.938. The molecule has 4 aliphatic carbocycles.